The van der Waals surface area contributed by atoms with Crippen molar-refractivity contribution in [2.75, 3.05) is 0 Å². The van der Waals surface area contributed by atoms with Crippen LogP contribution in [0.4, 0.5) is 0 Å². The van der Waals surface area contributed by atoms with Crippen LogP contribution >= 0.6 is 9.24 Å². The highest BCUT2D eigenvalue weighted by molar-refractivity contribution is 7.28. The Bertz CT molecular complexity index is 784. The van der Waals surface area contributed by atoms with E-state index in [9.17, 15) is 0 Å². The first kappa shape index (κ1) is 13.6. The fraction of sp³-hybridized carbons (Fsp3) is 0.263. The molecule has 20 heavy (non-hydrogen) atoms. The van der Waals surface area contributed by atoms with E-state index in [1.807, 2.05) is 0 Å². The van der Waals surface area contributed by atoms with Crippen molar-refractivity contribution >= 4 is 36.1 Å². The summed E-state index contributed by atoms with van der Waals surface area (Å²) >= 11 is 0. The largest absolute Gasteiger partial charge is 0.105 e. The average Bonchev–Trinajstić information content (AvgIpc) is 2.47. The summed E-state index contributed by atoms with van der Waals surface area (Å²) in [4.78, 5) is 0. The van der Waals surface area contributed by atoms with Crippen LogP contribution in [-0.4, -0.2) is 0 Å². The number of hydrogen-bond donors (Lipinski definition) is 0. The smallest absolute Gasteiger partial charge is 0.00991 e. The van der Waals surface area contributed by atoms with Gasteiger partial charge in [0.1, 0.15) is 0 Å². The van der Waals surface area contributed by atoms with Crippen LogP contribution in [-0.2, 0) is 5.41 Å². The van der Waals surface area contributed by atoms with E-state index in [1.54, 1.807) is 0 Å². The first-order valence-electron chi connectivity index (χ1n) is 7.25. The molecule has 0 aromatic heterocycles. The predicted octanol–water partition coefficient (Wildman–Crippen LogP) is 5.18. The molecule has 0 nitrogen and oxygen atoms in total. The summed E-state index contributed by atoms with van der Waals surface area (Å²) in [6.07, 6.45) is 1.14. The lowest BCUT2D eigenvalue weighted by Gasteiger charge is -2.25. The molecule has 3 aromatic carbocycles. The molecule has 0 spiro atoms. The summed E-state index contributed by atoms with van der Waals surface area (Å²) in [6.45, 7) is 6.93. The van der Waals surface area contributed by atoms with Gasteiger partial charge in [-0.2, -0.15) is 0 Å². The van der Waals surface area contributed by atoms with Crippen LogP contribution in [0.25, 0.3) is 21.5 Å². The monoisotopic (exact) mass is 280 g/mol. The third-order valence-electron chi connectivity index (χ3n) is 4.55. The molecule has 0 radical (unpaired) electrons. The molecule has 0 N–H and O–H groups in total. The van der Waals surface area contributed by atoms with Gasteiger partial charge in [0.15, 0.2) is 0 Å². The Morgan fingerprint density at radius 3 is 2.15 bits per heavy atom. The molecule has 0 aliphatic rings. The Labute approximate surface area is 123 Å². The molecule has 0 amide bonds. The summed E-state index contributed by atoms with van der Waals surface area (Å²) in [7, 11) is 2.90. The summed E-state index contributed by atoms with van der Waals surface area (Å²) in [6, 6.07) is 17.7. The van der Waals surface area contributed by atoms with Crippen molar-refractivity contribution < 1.29 is 0 Å². The second kappa shape index (κ2) is 4.86. The molecule has 1 heteroatoms. The number of fused-ring (bicyclic) bond motifs is 3. The fourth-order valence-electron chi connectivity index (χ4n) is 2.94. The van der Waals surface area contributed by atoms with Gasteiger partial charge >= 0.3 is 0 Å². The van der Waals surface area contributed by atoms with E-state index >= 15 is 0 Å². The van der Waals surface area contributed by atoms with E-state index in [4.69, 9.17) is 0 Å². The van der Waals surface area contributed by atoms with Gasteiger partial charge in [0.05, 0.1) is 0 Å². The van der Waals surface area contributed by atoms with Crippen molar-refractivity contribution in [1.82, 2.24) is 0 Å². The Kier molecular flexibility index (Phi) is 3.30. The molecule has 0 fully saturated rings. The Hall–Kier alpha value is -1.39. The maximum absolute atomic E-state index is 2.90. The van der Waals surface area contributed by atoms with Gasteiger partial charge in [-0.25, -0.2) is 0 Å². The lowest BCUT2D eigenvalue weighted by atomic mass is 9.79. The van der Waals surface area contributed by atoms with Crippen molar-refractivity contribution in [3.05, 3.63) is 54.1 Å². The molecule has 1 unspecified atom stereocenters. The van der Waals surface area contributed by atoms with Crippen LogP contribution in [0.15, 0.2) is 48.5 Å². The minimum Gasteiger partial charge on any atom is -0.105 e. The van der Waals surface area contributed by atoms with Gasteiger partial charge in [0.2, 0.25) is 0 Å². The lowest BCUT2D eigenvalue weighted by Crippen LogP contribution is -2.16. The highest BCUT2D eigenvalue weighted by atomic mass is 31.0. The van der Waals surface area contributed by atoms with Crippen LogP contribution in [0.5, 0.6) is 0 Å². The standard InChI is InChI=1S/C19H21P/c1-4-19(2,3)17-11-7-10-14-13-8-5-6-9-15(13)18(20)12-16(14)17/h5-12H,4,20H2,1-3H3. The third-order valence-corrected chi connectivity index (χ3v) is 5.02. The minimum absolute atomic E-state index is 0.207. The second-order valence-corrected chi connectivity index (χ2v) is 6.77. The van der Waals surface area contributed by atoms with Crippen LogP contribution in [0.3, 0.4) is 0 Å². The van der Waals surface area contributed by atoms with Crippen molar-refractivity contribution in [1.29, 1.82) is 0 Å². The fourth-order valence-corrected chi connectivity index (χ4v) is 3.36. The molecule has 1 atom stereocenters. The van der Waals surface area contributed by atoms with E-state index < -0.39 is 0 Å². The van der Waals surface area contributed by atoms with Gasteiger partial charge < -0.3 is 0 Å². The van der Waals surface area contributed by atoms with Crippen molar-refractivity contribution in [2.24, 2.45) is 0 Å². The molecule has 0 aliphatic carbocycles. The average molecular weight is 280 g/mol. The van der Waals surface area contributed by atoms with Crippen LogP contribution < -0.4 is 5.30 Å². The van der Waals surface area contributed by atoms with Crippen molar-refractivity contribution in [2.45, 2.75) is 32.6 Å². The second-order valence-electron chi connectivity index (χ2n) is 6.15. The highest BCUT2D eigenvalue weighted by Crippen LogP contribution is 2.35. The summed E-state index contributed by atoms with van der Waals surface area (Å²) < 4.78 is 0. The zero-order chi connectivity index (χ0) is 14.3. The van der Waals surface area contributed by atoms with Gasteiger partial charge in [0.25, 0.3) is 0 Å². The Balaban J connectivity index is 2.48. The molecular formula is C19H21P. The minimum atomic E-state index is 0.207. The maximum atomic E-state index is 2.90. The van der Waals surface area contributed by atoms with Gasteiger partial charge in [-0.3, -0.25) is 0 Å². The quantitative estimate of drug-likeness (QED) is 0.448. The Morgan fingerprint density at radius 1 is 0.850 bits per heavy atom. The topological polar surface area (TPSA) is 0 Å². The van der Waals surface area contributed by atoms with Gasteiger partial charge in [-0.05, 0) is 50.3 Å². The molecule has 3 rings (SSSR count). The van der Waals surface area contributed by atoms with Crippen LogP contribution in [0.1, 0.15) is 32.8 Å². The zero-order valence-corrected chi connectivity index (χ0v) is 13.6. The molecular weight excluding hydrogens is 259 g/mol. The summed E-state index contributed by atoms with van der Waals surface area (Å²) in [5.41, 5.74) is 1.66. The van der Waals surface area contributed by atoms with Crippen LogP contribution in [0, 0.1) is 0 Å². The van der Waals surface area contributed by atoms with Gasteiger partial charge in [0, 0.05) is 0 Å². The summed E-state index contributed by atoms with van der Waals surface area (Å²) in [5.74, 6) is 0. The number of hydrogen-bond acceptors (Lipinski definition) is 0. The predicted molar refractivity (Wildman–Crippen MR) is 94.1 cm³/mol. The van der Waals surface area contributed by atoms with E-state index in [1.165, 1.54) is 32.4 Å². The molecule has 0 aliphatic heterocycles. The van der Waals surface area contributed by atoms with Crippen LogP contribution in [0.2, 0.25) is 0 Å². The first-order chi connectivity index (χ1) is 9.54. The van der Waals surface area contributed by atoms with Crippen molar-refractivity contribution in [3.63, 3.8) is 0 Å². The molecule has 0 bridgehead atoms. The van der Waals surface area contributed by atoms with E-state index in [0.29, 0.717) is 0 Å². The number of rotatable bonds is 2. The molecule has 3 aromatic rings. The molecule has 102 valence electrons. The molecule has 0 saturated carbocycles. The normalized spacial score (nSPS) is 12.2. The van der Waals surface area contributed by atoms with E-state index in [-0.39, 0.29) is 5.41 Å². The number of benzene rings is 3. The molecule has 0 heterocycles. The van der Waals surface area contributed by atoms with Gasteiger partial charge in [-0.15, -0.1) is 9.24 Å². The Morgan fingerprint density at radius 2 is 1.45 bits per heavy atom. The summed E-state index contributed by atoms with van der Waals surface area (Å²) in [5, 5.41) is 6.72. The zero-order valence-electron chi connectivity index (χ0n) is 12.4. The van der Waals surface area contributed by atoms with Gasteiger partial charge in [-0.1, -0.05) is 63.2 Å². The lowest BCUT2D eigenvalue weighted by molar-refractivity contribution is 0.511. The van der Waals surface area contributed by atoms with Crippen molar-refractivity contribution in [3.8, 4) is 0 Å². The third kappa shape index (κ3) is 2.03. The van der Waals surface area contributed by atoms with E-state index in [0.717, 1.165) is 6.42 Å². The first-order valence-corrected chi connectivity index (χ1v) is 7.83. The van der Waals surface area contributed by atoms with E-state index in [2.05, 4.69) is 78.5 Å². The SMILES string of the molecule is CCC(C)(C)c1cccc2c1cc(P)c1ccccc12. The maximum Gasteiger partial charge on any atom is -0.00991 e. The highest BCUT2D eigenvalue weighted by Gasteiger charge is 2.21. The molecule has 0 saturated heterocycles.